The molecule has 4 rings (SSSR count). The number of methoxy groups -OCH3 is 2. The highest BCUT2D eigenvalue weighted by atomic mass is 35.5. The van der Waals surface area contributed by atoms with Crippen molar-refractivity contribution in [3.8, 4) is 11.5 Å². The minimum atomic E-state index is -4.26. The van der Waals surface area contributed by atoms with Gasteiger partial charge in [0.05, 0.1) is 24.8 Å². The fourth-order valence-corrected chi connectivity index (χ4v) is 7.52. The van der Waals surface area contributed by atoms with E-state index in [4.69, 9.17) is 32.7 Å². The molecule has 0 heterocycles. The summed E-state index contributed by atoms with van der Waals surface area (Å²) in [5.74, 6) is -0.177. The molecule has 3 aromatic rings. The van der Waals surface area contributed by atoms with Gasteiger partial charge in [-0.1, -0.05) is 73.2 Å². The number of amides is 2. The van der Waals surface area contributed by atoms with Crippen LogP contribution in [0, 0.1) is 6.92 Å². The Kier molecular flexibility index (Phi) is 12.2. The molecule has 0 saturated heterocycles. The minimum absolute atomic E-state index is 0.00932. The normalized spacial score (nSPS) is 14.3. The van der Waals surface area contributed by atoms with E-state index in [9.17, 15) is 18.0 Å². The van der Waals surface area contributed by atoms with E-state index in [1.165, 1.54) is 37.3 Å². The molecule has 12 heteroatoms. The summed E-state index contributed by atoms with van der Waals surface area (Å²) in [7, 11) is -1.34. The highest BCUT2D eigenvalue weighted by Crippen LogP contribution is 2.34. The third-order valence-electron chi connectivity index (χ3n) is 8.24. The van der Waals surface area contributed by atoms with Crippen LogP contribution in [-0.4, -0.2) is 58.0 Å². The number of nitrogens with one attached hydrogen (secondary N) is 1. The van der Waals surface area contributed by atoms with Crippen LogP contribution in [0.4, 0.5) is 5.69 Å². The van der Waals surface area contributed by atoms with Gasteiger partial charge in [0, 0.05) is 28.7 Å². The molecular weight excluding hydrogens is 649 g/mol. The number of benzene rings is 3. The summed E-state index contributed by atoms with van der Waals surface area (Å²) in [6, 6.07) is 15.1. The third-order valence-corrected chi connectivity index (χ3v) is 10.6. The summed E-state index contributed by atoms with van der Waals surface area (Å²) in [5.41, 5.74) is 1.65. The van der Waals surface area contributed by atoms with Crippen molar-refractivity contribution in [2.45, 2.75) is 75.9 Å². The molecule has 1 aliphatic rings. The van der Waals surface area contributed by atoms with Crippen molar-refractivity contribution in [2.24, 2.45) is 0 Å². The number of carbonyl (C=O) groups is 2. The summed E-state index contributed by atoms with van der Waals surface area (Å²) < 4.78 is 40.3. The third kappa shape index (κ3) is 8.46. The molecule has 3 aromatic carbocycles. The van der Waals surface area contributed by atoms with Crippen LogP contribution in [0.2, 0.25) is 10.0 Å². The average Bonchev–Trinajstić information content (AvgIpc) is 3.04. The van der Waals surface area contributed by atoms with Gasteiger partial charge in [-0.15, -0.1) is 0 Å². The second kappa shape index (κ2) is 15.9. The molecule has 0 aliphatic heterocycles. The first kappa shape index (κ1) is 35.4. The van der Waals surface area contributed by atoms with Crippen LogP contribution in [-0.2, 0) is 26.2 Å². The molecule has 1 atom stereocenters. The van der Waals surface area contributed by atoms with E-state index in [-0.39, 0.29) is 29.1 Å². The molecule has 1 aliphatic carbocycles. The Morgan fingerprint density at radius 1 is 0.935 bits per heavy atom. The van der Waals surface area contributed by atoms with Crippen LogP contribution < -0.4 is 19.1 Å². The molecule has 1 fully saturated rings. The van der Waals surface area contributed by atoms with E-state index in [2.05, 4.69) is 5.32 Å². The van der Waals surface area contributed by atoms with Gasteiger partial charge in [0.2, 0.25) is 11.8 Å². The van der Waals surface area contributed by atoms with Crippen LogP contribution in [0.25, 0.3) is 0 Å². The Hall–Kier alpha value is -3.47. The SMILES string of the molecule is CC[C@H](C(=O)NC1CCCCC1)N(Cc1ccc(Cl)cc1Cl)C(=O)CN(c1ccc(OC)c(OC)c1)S(=O)(=O)c1ccc(C)cc1. The molecule has 0 unspecified atom stereocenters. The van der Waals surface area contributed by atoms with E-state index < -0.39 is 28.5 Å². The Bertz CT molecular complexity index is 1630. The number of hydrogen-bond acceptors (Lipinski definition) is 6. The predicted octanol–water partition coefficient (Wildman–Crippen LogP) is 6.77. The number of aryl methyl sites for hydroxylation is 1. The van der Waals surface area contributed by atoms with Crippen molar-refractivity contribution in [1.29, 1.82) is 0 Å². The van der Waals surface area contributed by atoms with E-state index in [0.29, 0.717) is 33.5 Å². The van der Waals surface area contributed by atoms with Gasteiger partial charge in [0.15, 0.2) is 11.5 Å². The smallest absolute Gasteiger partial charge is 0.264 e. The second-order valence-corrected chi connectivity index (χ2v) is 14.1. The highest BCUT2D eigenvalue weighted by Gasteiger charge is 2.35. The van der Waals surface area contributed by atoms with Gasteiger partial charge in [-0.25, -0.2) is 8.42 Å². The number of halogens is 2. The van der Waals surface area contributed by atoms with Crippen LogP contribution in [0.5, 0.6) is 11.5 Å². The first-order valence-electron chi connectivity index (χ1n) is 15.3. The van der Waals surface area contributed by atoms with E-state index in [1.54, 1.807) is 42.5 Å². The number of hydrogen-bond donors (Lipinski definition) is 1. The number of rotatable bonds is 13. The molecule has 0 spiro atoms. The number of anilines is 1. The molecule has 0 bridgehead atoms. The standard InChI is InChI=1S/C34H41Cl2N3O6S/c1-5-30(34(41)37-26-9-7-6-8-10-26)38(21-24-13-14-25(35)19-29(24)36)33(40)22-39(27-15-18-31(44-3)32(20-27)45-4)46(42,43)28-16-11-23(2)12-17-28/h11-20,26,30H,5-10,21-22H2,1-4H3,(H,37,41)/t30-/m1/s1. The zero-order valence-corrected chi connectivity index (χ0v) is 28.9. The summed E-state index contributed by atoms with van der Waals surface area (Å²) in [5, 5.41) is 3.90. The summed E-state index contributed by atoms with van der Waals surface area (Å²) in [6.45, 7) is 3.05. The fourth-order valence-electron chi connectivity index (χ4n) is 5.64. The van der Waals surface area contributed by atoms with Crippen molar-refractivity contribution < 1.29 is 27.5 Å². The number of ether oxygens (including phenoxy) is 2. The molecule has 1 N–H and O–H groups in total. The minimum Gasteiger partial charge on any atom is -0.493 e. The first-order chi connectivity index (χ1) is 22.0. The van der Waals surface area contributed by atoms with Crippen molar-refractivity contribution in [3.05, 3.63) is 81.8 Å². The first-order valence-corrected chi connectivity index (χ1v) is 17.5. The lowest BCUT2D eigenvalue weighted by Gasteiger charge is -2.34. The van der Waals surface area contributed by atoms with Crippen LogP contribution in [0.1, 0.15) is 56.6 Å². The van der Waals surface area contributed by atoms with Crippen LogP contribution in [0.3, 0.4) is 0 Å². The Morgan fingerprint density at radius 2 is 1.61 bits per heavy atom. The van der Waals surface area contributed by atoms with Crippen molar-refractivity contribution in [3.63, 3.8) is 0 Å². The molecule has 248 valence electrons. The number of nitrogens with zero attached hydrogens (tertiary/aromatic N) is 2. The second-order valence-electron chi connectivity index (χ2n) is 11.4. The van der Waals surface area contributed by atoms with E-state index in [0.717, 1.165) is 42.0 Å². The van der Waals surface area contributed by atoms with Gasteiger partial charge in [0.1, 0.15) is 12.6 Å². The van der Waals surface area contributed by atoms with Gasteiger partial charge in [-0.2, -0.15) is 0 Å². The van der Waals surface area contributed by atoms with Gasteiger partial charge in [0.25, 0.3) is 10.0 Å². The number of carbonyl (C=O) groups excluding carboxylic acids is 2. The molecular formula is C34H41Cl2N3O6S. The van der Waals surface area contributed by atoms with Crippen molar-refractivity contribution in [2.75, 3.05) is 25.1 Å². The maximum Gasteiger partial charge on any atom is 0.264 e. The maximum atomic E-state index is 14.4. The lowest BCUT2D eigenvalue weighted by molar-refractivity contribution is -0.140. The lowest BCUT2D eigenvalue weighted by atomic mass is 9.95. The summed E-state index contributed by atoms with van der Waals surface area (Å²) in [6.07, 6.45) is 5.24. The lowest BCUT2D eigenvalue weighted by Crippen LogP contribution is -2.54. The highest BCUT2D eigenvalue weighted by molar-refractivity contribution is 7.92. The summed E-state index contributed by atoms with van der Waals surface area (Å²) in [4.78, 5) is 29.6. The Balaban J connectivity index is 1.77. The quantitative estimate of drug-likeness (QED) is 0.212. The zero-order valence-electron chi connectivity index (χ0n) is 26.6. The largest absolute Gasteiger partial charge is 0.493 e. The fraction of sp³-hybridized carbons (Fsp3) is 0.412. The topological polar surface area (TPSA) is 105 Å². The molecule has 2 amide bonds. The Labute approximate surface area is 281 Å². The van der Waals surface area contributed by atoms with Crippen LogP contribution >= 0.6 is 23.2 Å². The molecule has 9 nitrogen and oxygen atoms in total. The van der Waals surface area contributed by atoms with Crippen molar-refractivity contribution in [1.82, 2.24) is 10.2 Å². The van der Waals surface area contributed by atoms with Gasteiger partial charge < -0.3 is 19.7 Å². The molecule has 0 aromatic heterocycles. The molecule has 46 heavy (non-hydrogen) atoms. The monoisotopic (exact) mass is 689 g/mol. The zero-order chi connectivity index (χ0) is 33.4. The maximum absolute atomic E-state index is 14.4. The number of sulfonamides is 1. The van der Waals surface area contributed by atoms with Gasteiger partial charge >= 0.3 is 0 Å². The van der Waals surface area contributed by atoms with Crippen LogP contribution in [0.15, 0.2) is 65.6 Å². The van der Waals surface area contributed by atoms with Crippen molar-refractivity contribution >= 4 is 50.7 Å². The Morgan fingerprint density at radius 3 is 2.22 bits per heavy atom. The predicted molar refractivity (Wildman–Crippen MR) is 181 cm³/mol. The molecule has 0 radical (unpaired) electrons. The molecule has 1 saturated carbocycles. The average molecular weight is 691 g/mol. The van der Waals surface area contributed by atoms with E-state index in [1.807, 2.05) is 13.8 Å². The summed E-state index contributed by atoms with van der Waals surface area (Å²) >= 11 is 12.7. The van der Waals surface area contributed by atoms with Gasteiger partial charge in [-0.05, 0) is 68.1 Å². The van der Waals surface area contributed by atoms with Gasteiger partial charge in [-0.3, -0.25) is 13.9 Å². The van der Waals surface area contributed by atoms with E-state index >= 15 is 0 Å².